The number of fused-ring (bicyclic) bond motifs is 1. The van der Waals surface area contributed by atoms with Gasteiger partial charge in [-0.05, 0) is 69.8 Å². The molecule has 3 aromatic rings. The highest BCUT2D eigenvalue weighted by Gasteiger charge is 2.23. The molecule has 0 saturated carbocycles. The van der Waals surface area contributed by atoms with Crippen LogP contribution >= 0.6 is 0 Å². The topological polar surface area (TPSA) is 114 Å². The first-order valence-electron chi connectivity index (χ1n) is 12.8. The van der Waals surface area contributed by atoms with Crippen molar-refractivity contribution in [3.05, 3.63) is 63.9 Å². The largest absolute Gasteiger partial charge is 0.384 e. The van der Waals surface area contributed by atoms with Gasteiger partial charge in [0.05, 0.1) is 11.0 Å². The lowest BCUT2D eigenvalue weighted by Crippen LogP contribution is -2.44. The molecule has 0 spiro atoms. The van der Waals surface area contributed by atoms with Gasteiger partial charge in [0.15, 0.2) is 0 Å². The van der Waals surface area contributed by atoms with Gasteiger partial charge in [0.2, 0.25) is 0 Å². The molecule has 7 nitrogen and oxygen atoms in total. The molecule has 1 saturated heterocycles. The van der Waals surface area contributed by atoms with Gasteiger partial charge in [-0.3, -0.25) is 15.1 Å². The second-order valence-corrected chi connectivity index (χ2v) is 9.87. The SMILES string of the molecule is C[C@@H]1CCC[C@H](C)N1CCCCCn1c(=O)c(-c2cccc(C(=N)N)c2)nc2ccc(CN)cc21. The van der Waals surface area contributed by atoms with E-state index in [0.29, 0.717) is 42.0 Å². The number of likely N-dealkylation sites (tertiary alicyclic amines) is 1. The highest BCUT2D eigenvalue weighted by Crippen LogP contribution is 2.23. The molecule has 4 rings (SSSR count). The molecule has 1 aliphatic heterocycles. The van der Waals surface area contributed by atoms with E-state index in [4.69, 9.17) is 21.9 Å². The number of nitrogen functional groups attached to an aromatic ring is 1. The van der Waals surface area contributed by atoms with Crippen LogP contribution < -0.4 is 17.0 Å². The minimum absolute atomic E-state index is 0.0297. The first-order chi connectivity index (χ1) is 16.9. The van der Waals surface area contributed by atoms with E-state index in [2.05, 4.69) is 18.7 Å². The Balaban J connectivity index is 1.58. The lowest BCUT2D eigenvalue weighted by Gasteiger charge is -2.39. The molecule has 5 N–H and O–H groups in total. The van der Waals surface area contributed by atoms with Crippen molar-refractivity contribution in [2.45, 2.75) is 77.5 Å². The number of nitrogens with two attached hydrogens (primary N) is 2. The predicted octanol–water partition coefficient (Wildman–Crippen LogP) is 4.24. The Labute approximate surface area is 207 Å². The number of amidine groups is 1. The van der Waals surface area contributed by atoms with E-state index in [-0.39, 0.29) is 11.4 Å². The van der Waals surface area contributed by atoms with Crippen LogP contribution in [-0.4, -0.2) is 38.9 Å². The van der Waals surface area contributed by atoms with Crippen molar-refractivity contribution >= 4 is 16.9 Å². The lowest BCUT2D eigenvalue weighted by molar-refractivity contribution is 0.101. The van der Waals surface area contributed by atoms with Crippen molar-refractivity contribution in [2.24, 2.45) is 11.5 Å². The second kappa shape index (κ2) is 11.1. The molecular formula is C28H38N6O. The number of hydrogen-bond acceptors (Lipinski definition) is 5. The van der Waals surface area contributed by atoms with Crippen LogP contribution in [0.4, 0.5) is 0 Å². The highest BCUT2D eigenvalue weighted by atomic mass is 16.1. The molecule has 2 heterocycles. The third kappa shape index (κ3) is 5.63. The van der Waals surface area contributed by atoms with E-state index in [1.807, 2.05) is 34.9 Å². The fourth-order valence-electron chi connectivity index (χ4n) is 5.31. The Bertz CT molecular complexity index is 1240. The zero-order chi connectivity index (χ0) is 24.9. The van der Waals surface area contributed by atoms with Gasteiger partial charge in [-0.15, -0.1) is 0 Å². The van der Waals surface area contributed by atoms with Gasteiger partial charge in [0, 0.05) is 36.3 Å². The summed E-state index contributed by atoms with van der Waals surface area (Å²) in [5.74, 6) is -0.0297. The number of hydrogen-bond donors (Lipinski definition) is 3. The Hall–Kier alpha value is -3.03. The maximum absolute atomic E-state index is 13.6. The number of unbranched alkanes of at least 4 members (excludes halogenated alkanes) is 2. The monoisotopic (exact) mass is 474 g/mol. The fraction of sp³-hybridized carbons (Fsp3) is 0.464. The van der Waals surface area contributed by atoms with Crippen molar-refractivity contribution < 1.29 is 0 Å². The molecule has 0 aliphatic carbocycles. The van der Waals surface area contributed by atoms with E-state index in [0.717, 1.165) is 42.4 Å². The molecule has 0 amide bonds. The van der Waals surface area contributed by atoms with Gasteiger partial charge in [-0.1, -0.05) is 37.1 Å². The van der Waals surface area contributed by atoms with Gasteiger partial charge >= 0.3 is 0 Å². The van der Waals surface area contributed by atoms with Crippen molar-refractivity contribution in [1.29, 1.82) is 5.41 Å². The average Bonchev–Trinajstić information content (AvgIpc) is 2.86. The summed E-state index contributed by atoms with van der Waals surface area (Å²) >= 11 is 0. The van der Waals surface area contributed by atoms with Crippen molar-refractivity contribution in [2.75, 3.05) is 6.54 Å². The number of piperidine rings is 1. The summed E-state index contributed by atoms with van der Waals surface area (Å²) in [4.78, 5) is 21.0. The van der Waals surface area contributed by atoms with Crippen molar-refractivity contribution in [1.82, 2.24) is 14.5 Å². The summed E-state index contributed by atoms with van der Waals surface area (Å²) in [6.45, 7) is 6.86. The third-order valence-electron chi connectivity index (χ3n) is 7.37. The third-order valence-corrected chi connectivity index (χ3v) is 7.37. The smallest absolute Gasteiger partial charge is 0.277 e. The molecule has 2 atom stereocenters. The van der Waals surface area contributed by atoms with E-state index in [1.54, 1.807) is 12.1 Å². The standard InChI is InChI=1S/C28H38N6O/c1-19-8-6-9-20(2)33(19)14-4-3-5-15-34-25-16-21(18-29)12-13-24(25)32-26(28(34)35)22-10-7-11-23(17-22)27(30)31/h7,10-13,16-17,19-20H,3-6,8-9,14-15,18,29H2,1-2H3,(H3,30,31)/t19-,20+. The van der Waals surface area contributed by atoms with Gasteiger partial charge in [-0.2, -0.15) is 0 Å². The quantitative estimate of drug-likeness (QED) is 0.244. The second-order valence-electron chi connectivity index (χ2n) is 9.87. The number of rotatable bonds is 9. The summed E-state index contributed by atoms with van der Waals surface area (Å²) in [5, 5.41) is 7.75. The summed E-state index contributed by atoms with van der Waals surface area (Å²) in [5.41, 5.74) is 15.6. The summed E-state index contributed by atoms with van der Waals surface area (Å²) in [6.07, 6.45) is 7.04. The highest BCUT2D eigenvalue weighted by molar-refractivity contribution is 5.96. The molecular weight excluding hydrogens is 436 g/mol. The number of nitrogens with zero attached hydrogens (tertiary/aromatic N) is 3. The van der Waals surface area contributed by atoms with Crippen molar-refractivity contribution in [3.63, 3.8) is 0 Å². The molecule has 2 aromatic carbocycles. The molecule has 7 heteroatoms. The molecule has 0 bridgehead atoms. The Kier molecular flexibility index (Phi) is 7.98. The number of benzene rings is 2. The summed E-state index contributed by atoms with van der Waals surface area (Å²) in [6, 6.07) is 14.4. The molecule has 35 heavy (non-hydrogen) atoms. The zero-order valence-corrected chi connectivity index (χ0v) is 21.0. The van der Waals surface area contributed by atoms with Crippen LogP contribution in [0.15, 0.2) is 47.3 Å². The Morgan fingerprint density at radius 2 is 1.80 bits per heavy atom. The minimum atomic E-state index is -0.120. The van der Waals surface area contributed by atoms with E-state index < -0.39 is 0 Å². The minimum Gasteiger partial charge on any atom is -0.384 e. The summed E-state index contributed by atoms with van der Waals surface area (Å²) < 4.78 is 1.85. The fourth-order valence-corrected chi connectivity index (χ4v) is 5.31. The van der Waals surface area contributed by atoms with Crippen LogP contribution in [0.1, 0.15) is 63.5 Å². The van der Waals surface area contributed by atoms with E-state index in [1.165, 1.54) is 19.3 Å². The van der Waals surface area contributed by atoms with Gasteiger partial charge < -0.3 is 16.0 Å². The van der Waals surface area contributed by atoms with Crippen molar-refractivity contribution in [3.8, 4) is 11.3 Å². The average molecular weight is 475 g/mol. The van der Waals surface area contributed by atoms with Crippen LogP contribution in [-0.2, 0) is 13.1 Å². The van der Waals surface area contributed by atoms with Gasteiger partial charge in [0.1, 0.15) is 11.5 Å². The van der Waals surface area contributed by atoms with E-state index >= 15 is 0 Å². The zero-order valence-electron chi connectivity index (χ0n) is 21.0. The maximum Gasteiger partial charge on any atom is 0.277 e. The molecule has 1 aromatic heterocycles. The lowest BCUT2D eigenvalue weighted by atomic mass is 9.97. The van der Waals surface area contributed by atoms with Crippen LogP contribution in [0, 0.1) is 5.41 Å². The predicted molar refractivity (Wildman–Crippen MR) is 144 cm³/mol. The Morgan fingerprint density at radius 3 is 2.51 bits per heavy atom. The van der Waals surface area contributed by atoms with Crippen LogP contribution in [0.3, 0.4) is 0 Å². The van der Waals surface area contributed by atoms with Gasteiger partial charge in [0.25, 0.3) is 5.56 Å². The van der Waals surface area contributed by atoms with Crippen LogP contribution in [0.25, 0.3) is 22.3 Å². The molecule has 186 valence electrons. The van der Waals surface area contributed by atoms with Crippen LogP contribution in [0.2, 0.25) is 0 Å². The summed E-state index contributed by atoms with van der Waals surface area (Å²) in [7, 11) is 0. The van der Waals surface area contributed by atoms with E-state index in [9.17, 15) is 4.79 Å². The normalized spacial score (nSPS) is 18.7. The number of aromatic nitrogens is 2. The first-order valence-corrected chi connectivity index (χ1v) is 12.8. The Morgan fingerprint density at radius 1 is 1.06 bits per heavy atom. The molecule has 0 radical (unpaired) electrons. The number of aryl methyl sites for hydroxylation is 1. The van der Waals surface area contributed by atoms with Crippen LogP contribution in [0.5, 0.6) is 0 Å². The molecule has 0 unspecified atom stereocenters. The molecule has 1 aliphatic rings. The first kappa shape index (κ1) is 25.1. The number of nitrogens with one attached hydrogen (secondary N) is 1. The molecule has 1 fully saturated rings. The van der Waals surface area contributed by atoms with Gasteiger partial charge in [-0.25, -0.2) is 4.98 Å². The maximum atomic E-state index is 13.6.